The first-order valence-electron chi connectivity index (χ1n) is 24.2. The van der Waals surface area contributed by atoms with Crippen LogP contribution >= 0.6 is 0 Å². The van der Waals surface area contributed by atoms with Gasteiger partial charge in [-0.25, -0.2) is 5.43 Å². The number of rotatable bonds is 9. The van der Waals surface area contributed by atoms with E-state index in [1.165, 1.54) is 11.1 Å². The van der Waals surface area contributed by atoms with Crippen molar-refractivity contribution in [3.05, 3.63) is 84.2 Å². The summed E-state index contributed by atoms with van der Waals surface area (Å²) in [4.78, 5) is 78.4. The maximum Gasteiger partial charge on any atom is 0.324 e. The number of methoxy groups -OCH3 is 1. The van der Waals surface area contributed by atoms with Crippen LogP contribution < -0.4 is 10.7 Å². The van der Waals surface area contributed by atoms with E-state index in [1.54, 1.807) is 35.2 Å². The normalized spacial score (nSPS) is 21.7. The summed E-state index contributed by atoms with van der Waals surface area (Å²) in [6, 6.07) is 12.7. The van der Waals surface area contributed by atoms with Crippen LogP contribution in [0.1, 0.15) is 96.6 Å². The minimum atomic E-state index is -1.14. The number of cyclic esters (lactones) is 1. The molecule has 4 aromatic rings. The van der Waals surface area contributed by atoms with Crippen LogP contribution in [0, 0.1) is 16.7 Å². The number of benzene rings is 2. The number of aromatic hydroxyl groups is 1. The highest BCUT2D eigenvalue weighted by Crippen LogP contribution is 2.44. The number of nitrogens with zero attached hydrogens (tertiary/aromatic N) is 5. The molecule has 4 aliphatic heterocycles. The average molecular weight is 930 g/mol. The largest absolute Gasteiger partial charge is 0.508 e. The topological polar surface area (TPSA) is 176 Å². The molecule has 0 radical (unpaired) electrons. The molecule has 362 valence electrons. The second-order valence-electron chi connectivity index (χ2n) is 20.3. The zero-order valence-corrected chi connectivity index (χ0v) is 40.6. The van der Waals surface area contributed by atoms with Crippen molar-refractivity contribution in [1.29, 1.82) is 0 Å². The van der Waals surface area contributed by atoms with Crippen LogP contribution in [0.5, 0.6) is 5.75 Å². The van der Waals surface area contributed by atoms with Gasteiger partial charge in [-0.05, 0) is 123 Å². The van der Waals surface area contributed by atoms with Crippen molar-refractivity contribution in [2.24, 2.45) is 16.7 Å². The number of nitrogens with one attached hydrogen (secondary N) is 2. The summed E-state index contributed by atoms with van der Waals surface area (Å²) in [6.07, 6.45) is 5.86. The number of hydrazine groups is 1. The van der Waals surface area contributed by atoms with Crippen molar-refractivity contribution in [1.82, 2.24) is 35.1 Å². The van der Waals surface area contributed by atoms with E-state index in [0.717, 1.165) is 44.5 Å². The van der Waals surface area contributed by atoms with Crippen LogP contribution in [0.4, 0.5) is 0 Å². The molecule has 0 unspecified atom stereocenters. The van der Waals surface area contributed by atoms with Gasteiger partial charge in [0.05, 0.1) is 29.5 Å². The first-order valence-corrected chi connectivity index (χ1v) is 24.2. The molecule has 8 rings (SSSR count). The molecule has 4 amide bonds. The van der Waals surface area contributed by atoms with Crippen molar-refractivity contribution >= 4 is 40.5 Å². The highest BCUT2D eigenvalue weighted by molar-refractivity contribution is 5.97. The van der Waals surface area contributed by atoms with E-state index in [9.17, 15) is 29.1 Å². The zero-order valence-electron chi connectivity index (χ0n) is 40.6. The number of amides is 4. The molecule has 15 nitrogen and oxygen atoms in total. The Labute approximate surface area is 399 Å². The van der Waals surface area contributed by atoms with Crippen molar-refractivity contribution in [3.8, 4) is 28.1 Å². The number of aryl methyl sites for hydroxylation is 1. The lowest BCUT2D eigenvalue weighted by Gasteiger charge is -2.39. The Hall–Kier alpha value is -6.06. The van der Waals surface area contributed by atoms with Gasteiger partial charge >= 0.3 is 5.97 Å². The summed E-state index contributed by atoms with van der Waals surface area (Å²) < 4.78 is 14.2. The summed E-state index contributed by atoms with van der Waals surface area (Å²) >= 11 is 0. The minimum Gasteiger partial charge on any atom is -0.508 e. The SMILES string of the molecule is C=CC(=O)N1CCC2(CC1)CCN([C@H](C(=O)N[C@H]1Cc3cc(O)cc(c3)-c3ccc4c(c3)c(c(-c3cccnc3[C@H](C)OC)n4CC)CC(C)(C)COC(=O)[C@@H]3CCCN(N3)C1=O)C(C)C)C2=O. The van der Waals surface area contributed by atoms with Crippen molar-refractivity contribution in [2.75, 3.05) is 39.9 Å². The standard InChI is InChI=1S/C53H67N7O8/c1-9-44(62)57-22-17-53(18-23-57)19-24-59(51(53)66)46(32(3)4)48(63)55-42-27-34-25-36(28-37(61)26-34)35-15-16-43-39(29-35)40(47(58(43)10-2)38-13-11-20-54-45(38)33(5)67-8)30-52(6,7)31-68-50(65)41-14-12-21-60(56-41)49(42)64/h9,11,13,15-16,20,25-26,28-29,32-33,41-42,46,56,61H,1,10,12,14,17-19,21-24,27,30-31H2,2-8H3,(H,55,63)/t33-,41-,42-,46-/m0/s1. The molecule has 3 saturated heterocycles. The third kappa shape index (κ3) is 9.39. The number of carbonyl (C=O) groups is 5. The van der Waals surface area contributed by atoms with Crippen LogP contribution in [0.25, 0.3) is 33.3 Å². The molecular weight excluding hydrogens is 863 g/mol. The third-order valence-corrected chi connectivity index (χ3v) is 14.7. The molecular formula is C53H67N7O8. The van der Waals surface area contributed by atoms with E-state index in [0.29, 0.717) is 70.3 Å². The number of pyridine rings is 1. The van der Waals surface area contributed by atoms with Gasteiger partial charge in [0.1, 0.15) is 23.9 Å². The quantitative estimate of drug-likeness (QED) is 0.124. The van der Waals surface area contributed by atoms with Gasteiger partial charge in [-0.2, -0.15) is 0 Å². The zero-order chi connectivity index (χ0) is 48.7. The van der Waals surface area contributed by atoms with E-state index in [2.05, 4.69) is 60.9 Å². The van der Waals surface area contributed by atoms with Crippen LogP contribution in [0.15, 0.2) is 67.4 Å². The van der Waals surface area contributed by atoms with E-state index in [1.807, 2.05) is 39.0 Å². The molecule has 3 N–H and O–H groups in total. The van der Waals surface area contributed by atoms with Gasteiger partial charge < -0.3 is 34.3 Å². The Morgan fingerprint density at radius 1 is 1.03 bits per heavy atom. The van der Waals surface area contributed by atoms with E-state index in [-0.39, 0.29) is 49.2 Å². The first-order chi connectivity index (χ1) is 32.5. The second kappa shape index (κ2) is 19.5. The van der Waals surface area contributed by atoms with Crippen LogP contribution in [0.2, 0.25) is 0 Å². The monoisotopic (exact) mass is 930 g/mol. The number of hydrogen-bond acceptors (Lipinski definition) is 10. The number of hydrogen-bond donors (Lipinski definition) is 3. The number of carbonyl (C=O) groups excluding carboxylic acids is 5. The Kier molecular flexibility index (Phi) is 13.9. The highest BCUT2D eigenvalue weighted by atomic mass is 16.5. The van der Waals surface area contributed by atoms with Crippen LogP contribution in [-0.2, 0) is 52.8 Å². The number of phenols is 1. The lowest BCUT2D eigenvalue weighted by Crippen LogP contribution is -2.62. The number of phenolic OH excluding ortho intramolecular Hbond substituents is 1. The van der Waals surface area contributed by atoms with Crippen molar-refractivity contribution in [3.63, 3.8) is 0 Å². The lowest BCUT2D eigenvalue weighted by atomic mass is 9.77. The number of aromatic nitrogens is 2. The van der Waals surface area contributed by atoms with Crippen molar-refractivity contribution < 1.29 is 38.6 Å². The molecule has 68 heavy (non-hydrogen) atoms. The van der Waals surface area contributed by atoms with Gasteiger partial charge in [0.25, 0.3) is 5.91 Å². The van der Waals surface area contributed by atoms with E-state index in [4.69, 9.17) is 14.5 Å². The number of esters is 1. The van der Waals surface area contributed by atoms with Crippen LogP contribution in [-0.4, -0.2) is 117 Å². The predicted molar refractivity (Wildman–Crippen MR) is 259 cm³/mol. The van der Waals surface area contributed by atoms with E-state index < -0.39 is 46.7 Å². The second-order valence-corrected chi connectivity index (χ2v) is 20.3. The third-order valence-electron chi connectivity index (χ3n) is 14.7. The van der Waals surface area contributed by atoms with Gasteiger partial charge in [-0.3, -0.25) is 34.0 Å². The summed E-state index contributed by atoms with van der Waals surface area (Å²) in [5.41, 5.74) is 8.94. The molecule has 4 atom stereocenters. The number of likely N-dealkylation sites (tertiary alicyclic amines) is 2. The van der Waals surface area contributed by atoms with Crippen molar-refractivity contribution in [2.45, 2.75) is 117 Å². The Morgan fingerprint density at radius 2 is 1.78 bits per heavy atom. The van der Waals surface area contributed by atoms with Crippen LogP contribution in [0.3, 0.4) is 0 Å². The maximum atomic E-state index is 14.8. The molecule has 2 aromatic heterocycles. The van der Waals surface area contributed by atoms with Gasteiger partial charge in [0.2, 0.25) is 17.7 Å². The fourth-order valence-corrected chi connectivity index (χ4v) is 11.0. The minimum absolute atomic E-state index is 0.000908. The average Bonchev–Trinajstić information content (AvgIpc) is 3.80. The fraction of sp³-hybridized carbons (Fsp3) is 0.509. The summed E-state index contributed by atoms with van der Waals surface area (Å²) in [5.74, 6) is -1.97. The number of ether oxygens (including phenoxy) is 2. The summed E-state index contributed by atoms with van der Waals surface area (Å²) in [6.45, 7) is 18.0. The Morgan fingerprint density at radius 3 is 2.49 bits per heavy atom. The van der Waals surface area contributed by atoms with Gasteiger partial charge in [-0.1, -0.05) is 46.4 Å². The highest BCUT2D eigenvalue weighted by Gasteiger charge is 2.52. The molecule has 6 heterocycles. The molecule has 4 aliphatic rings. The molecule has 0 saturated carbocycles. The Balaban J connectivity index is 1.19. The Bertz CT molecular complexity index is 2610. The van der Waals surface area contributed by atoms with E-state index >= 15 is 0 Å². The molecule has 1 spiro atoms. The lowest BCUT2D eigenvalue weighted by molar-refractivity contribution is -0.155. The maximum absolute atomic E-state index is 14.8. The van der Waals surface area contributed by atoms with Gasteiger partial charge in [0.15, 0.2) is 0 Å². The molecule has 3 fully saturated rings. The van der Waals surface area contributed by atoms with Gasteiger partial charge in [-0.15, -0.1) is 0 Å². The molecule has 6 bridgehead atoms. The van der Waals surface area contributed by atoms with Gasteiger partial charge in [0, 0.05) is 74.3 Å². The summed E-state index contributed by atoms with van der Waals surface area (Å²) in [5, 5.41) is 16.9. The molecule has 0 aliphatic carbocycles. The fourth-order valence-electron chi connectivity index (χ4n) is 11.0. The first kappa shape index (κ1) is 48.4. The predicted octanol–water partition coefficient (Wildman–Crippen LogP) is 6.50. The molecule has 2 aromatic carbocycles. The summed E-state index contributed by atoms with van der Waals surface area (Å²) in [7, 11) is 1.67. The number of piperidine rings is 1. The number of fused-ring (bicyclic) bond motifs is 6. The molecule has 15 heteroatoms. The smallest absolute Gasteiger partial charge is 0.324 e.